The number of nitrogen functional groups attached to an aromatic ring is 1. The minimum absolute atomic E-state index is 0.0726. The van der Waals surface area contributed by atoms with Gasteiger partial charge in [-0.15, -0.1) is 0 Å². The van der Waals surface area contributed by atoms with Gasteiger partial charge in [-0.25, -0.2) is 4.39 Å². The van der Waals surface area contributed by atoms with Gasteiger partial charge in [0.2, 0.25) is 5.91 Å². The van der Waals surface area contributed by atoms with Gasteiger partial charge >= 0.3 is 0 Å². The predicted molar refractivity (Wildman–Crippen MR) is 74.6 cm³/mol. The predicted octanol–water partition coefficient (Wildman–Crippen LogP) is 2.15. The molecule has 0 aromatic heterocycles. The average Bonchev–Trinajstić information content (AvgIpc) is 2.34. The highest BCUT2D eigenvalue weighted by Crippen LogP contribution is 2.32. The highest BCUT2D eigenvalue weighted by molar-refractivity contribution is 6.31. The van der Waals surface area contributed by atoms with E-state index in [9.17, 15) is 9.18 Å². The molecule has 4 nitrogen and oxygen atoms in total. The zero-order valence-corrected chi connectivity index (χ0v) is 11.3. The number of hydrogen-bond donors (Lipinski definition) is 2. The second-order valence-corrected chi connectivity index (χ2v) is 5.33. The lowest BCUT2D eigenvalue weighted by Gasteiger charge is -2.34. The van der Waals surface area contributed by atoms with Crippen LogP contribution in [0.2, 0.25) is 5.02 Å². The zero-order chi connectivity index (χ0) is 14.0. The monoisotopic (exact) mass is 285 g/mol. The summed E-state index contributed by atoms with van der Waals surface area (Å²) < 4.78 is 13.3. The van der Waals surface area contributed by atoms with Gasteiger partial charge < -0.3 is 16.4 Å². The van der Waals surface area contributed by atoms with Crippen LogP contribution in [0, 0.1) is 11.7 Å². The summed E-state index contributed by atoms with van der Waals surface area (Å²) in [5.74, 6) is -0.444. The summed E-state index contributed by atoms with van der Waals surface area (Å²) in [6.07, 6.45) is 2.17. The van der Waals surface area contributed by atoms with Gasteiger partial charge in [-0.05, 0) is 24.8 Å². The summed E-state index contributed by atoms with van der Waals surface area (Å²) in [4.78, 5) is 13.0. The van der Waals surface area contributed by atoms with Crippen molar-refractivity contribution in [1.29, 1.82) is 0 Å². The normalized spacial score (nSPS) is 16.6. The summed E-state index contributed by atoms with van der Waals surface area (Å²) in [6.45, 7) is 1.54. The minimum atomic E-state index is -0.508. The first-order valence-corrected chi connectivity index (χ1v) is 6.63. The summed E-state index contributed by atoms with van der Waals surface area (Å²) in [7, 11) is 0. The van der Waals surface area contributed by atoms with Crippen LogP contribution < -0.4 is 16.4 Å². The molecule has 6 heteroatoms. The molecule has 1 aliphatic heterocycles. The third kappa shape index (κ3) is 3.29. The number of hydrogen-bond acceptors (Lipinski definition) is 3. The molecular weight excluding hydrogens is 269 g/mol. The number of amides is 1. The van der Waals surface area contributed by atoms with Gasteiger partial charge in [-0.3, -0.25) is 4.79 Å². The molecule has 0 aliphatic carbocycles. The molecule has 0 unspecified atom stereocenters. The average molecular weight is 286 g/mol. The van der Waals surface area contributed by atoms with Crippen molar-refractivity contribution in [3.8, 4) is 0 Å². The van der Waals surface area contributed by atoms with E-state index in [1.54, 1.807) is 6.07 Å². The first-order chi connectivity index (χ1) is 8.97. The topological polar surface area (TPSA) is 72.4 Å². The fourth-order valence-electron chi connectivity index (χ4n) is 2.49. The van der Waals surface area contributed by atoms with Crippen LogP contribution in [-0.2, 0) is 4.79 Å². The van der Waals surface area contributed by atoms with E-state index in [0.29, 0.717) is 18.0 Å². The number of rotatable bonds is 3. The smallest absolute Gasteiger partial charge is 0.217 e. The number of nitrogens with zero attached hydrogens (tertiary/aromatic N) is 1. The van der Waals surface area contributed by atoms with Crippen molar-refractivity contribution >= 4 is 28.9 Å². The van der Waals surface area contributed by atoms with Crippen molar-refractivity contribution in [2.24, 2.45) is 11.7 Å². The van der Waals surface area contributed by atoms with Gasteiger partial charge in [-0.2, -0.15) is 0 Å². The first-order valence-electron chi connectivity index (χ1n) is 6.25. The number of benzene rings is 1. The SMILES string of the molecule is NC(=O)CC1CCN(c2cc(Cl)c(F)cc2N)CC1. The number of carbonyl (C=O) groups excluding carboxylic acids is 1. The summed E-state index contributed by atoms with van der Waals surface area (Å²) in [6, 6.07) is 2.80. The maximum atomic E-state index is 13.3. The fourth-order valence-corrected chi connectivity index (χ4v) is 2.65. The van der Waals surface area contributed by atoms with Gasteiger partial charge in [-0.1, -0.05) is 11.6 Å². The number of anilines is 2. The number of carbonyl (C=O) groups is 1. The van der Waals surface area contributed by atoms with E-state index in [1.807, 2.05) is 0 Å². The summed E-state index contributed by atoms with van der Waals surface area (Å²) >= 11 is 5.78. The maximum absolute atomic E-state index is 13.3. The molecule has 4 N–H and O–H groups in total. The Labute approximate surface area is 116 Å². The van der Waals surface area contributed by atoms with Gasteiger partial charge in [0.15, 0.2) is 0 Å². The molecule has 1 aromatic carbocycles. The highest BCUT2D eigenvalue weighted by Gasteiger charge is 2.22. The van der Waals surface area contributed by atoms with E-state index in [2.05, 4.69) is 4.90 Å². The van der Waals surface area contributed by atoms with Crippen LogP contribution in [0.4, 0.5) is 15.8 Å². The van der Waals surface area contributed by atoms with E-state index < -0.39 is 5.82 Å². The number of halogens is 2. The van der Waals surface area contributed by atoms with Gasteiger partial charge in [0.25, 0.3) is 0 Å². The molecule has 2 rings (SSSR count). The van der Waals surface area contributed by atoms with Crippen LogP contribution in [0.5, 0.6) is 0 Å². The van der Waals surface area contributed by atoms with Crippen molar-refractivity contribution < 1.29 is 9.18 Å². The third-order valence-corrected chi connectivity index (χ3v) is 3.80. The first kappa shape index (κ1) is 13.9. The second-order valence-electron chi connectivity index (χ2n) is 4.93. The molecule has 0 atom stereocenters. The van der Waals surface area contributed by atoms with E-state index in [-0.39, 0.29) is 10.9 Å². The number of piperidine rings is 1. The van der Waals surface area contributed by atoms with Gasteiger partial charge in [0.1, 0.15) is 5.82 Å². The Morgan fingerprint density at radius 1 is 1.42 bits per heavy atom. The largest absolute Gasteiger partial charge is 0.397 e. The minimum Gasteiger partial charge on any atom is -0.397 e. The Morgan fingerprint density at radius 3 is 2.63 bits per heavy atom. The molecule has 104 valence electrons. The van der Waals surface area contributed by atoms with Crippen LogP contribution >= 0.6 is 11.6 Å². The van der Waals surface area contributed by atoms with Crippen molar-refractivity contribution in [1.82, 2.24) is 0 Å². The van der Waals surface area contributed by atoms with Crippen molar-refractivity contribution in [2.45, 2.75) is 19.3 Å². The highest BCUT2D eigenvalue weighted by atomic mass is 35.5. The number of nitrogens with two attached hydrogens (primary N) is 2. The van der Waals surface area contributed by atoms with Crippen LogP contribution in [0.25, 0.3) is 0 Å². The Hall–Kier alpha value is -1.49. The Balaban J connectivity index is 2.05. The molecule has 0 saturated carbocycles. The zero-order valence-electron chi connectivity index (χ0n) is 10.5. The Bertz CT molecular complexity index is 487. The Morgan fingerprint density at radius 2 is 2.05 bits per heavy atom. The summed E-state index contributed by atoms with van der Waals surface area (Å²) in [5.41, 5.74) is 12.2. The van der Waals surface area contributed by atoms with Gasteiger partial charge in [0, 0.05) is 25.6 Å². The molecule has 1 fully saturated rings. The van der Waals surface area contributed by atoms with E-state index >= 15 is 0 Å². The van der Waals surface area contributed by atoms with E-state index in [4.69, 9.17) is 23.1 Å². The lowest BCUT2D eigenvalue weighted by atomic mass is 9.93. The fraction of sp³-hybridized carbons (Fsp3) is 0.462. The third-order valence-electron chi connectivity index (χ3n) is 3.51. The van der Waals surface area contributed by atoms with Crippen LogP contribution in [-0.4, -0.2) is 19.0 Å². The molecule has 1 aromatic rings. The number of primary amides is 1. The van der Waals surface area contributed by atoms with Gasteiger partial charge in [0.05, 0.1) is 16.4 Å². The standard InChI is InChI=1S/C13H17ClFN3O/c14-9-6-12(11(16)7-10(9)15)18-3-1-8(2-4-18)5-13(17)19/h6-8H,1-5,16H2,(H2,17,19). The molecule has 1 aliphatic rings. The maximum Gasteiger partial charge on any atom is 0.217 e. The van der Waals surface area contributed by atoms with E-state index in [0.717, 1.165) is 31.6 Å². The van der Waals surface area contributed by atoms with Crippen molar-refractivity contribution in [2.75, 3.05) is 23.7 Å². The molecular formula is C13H17ClFN3O. The van der Waals surface area contributed by atoms with Crippen LogP contribution in [0.3, 0.4) is 0 Å². The Kier molecular flexibility index (Phi) is 4.14. The molecule has 1 heterocycles. The van der Waals surface area contributed by atoms with Crippen molar-refractivity contribution in [3.63, 3.8) is 0 Å². The van der Waals surface area contributed by atoms with Crippen molar-refractivity contribution in [3.05, 3.63) is 23.0 Å². The van der Waals surface area contributed by atoms with Crippen LogP contribution in [0.15, 0.2) is 12.1 Å². The molecule has 19 heavy (non-hydrogen) atoms. The summed E-state index contributed by atoms with van der Waals surface area (Å²) in [5, 5.41) is 0.0726. The molecule has 1 amide bonds. The molecule has 1 saturated heterocycles. The molecule has 0 radical (unpaired) electrons. The second kappa shape index (κ2) is 5.65. The molecule has 0 bridgehead atoms. The van der Waals surface area contributed by atoms with Crippen LogP contribution in [0.1, 0.15) is 19.3 Å². The quantitative estimate of drug-likeness (QED) is 0.836. The lowest BCUT2D eigenvalue weighted by Crippen LogP contribution is -2.35. The van der Waals surface area contributed by atoms with E-state index in [1.165, 1.54) is 6.07 Å². The lowest BCUT2D eigenvalue weighted by molar-refractivity contribution is -0.119. The molecule has 0 spiro atoms.